The summed E-state index contributed by atoms with van der Waals surface area (Å²) in [6.07, 6.45) is -0.694. The molecule has 152 valence electrons. The smallest absolute Gasteiger partial charge is 0.408 e. The van der Waals surface area contributed by atoms with Crippen molar-refractivity contribution in [2.24, 2.45) is 5.92 Å². The molecule has 7 heteroatoms. The number of amides is 1. The average molecular weight is 389 g/mol. The highest BCUT2D eigenvalue weighted by Crippen LogP contribution is 2.28. The Hall–Kier alpha value is -2.83. The summed E-state index contributed by atoms with van der Waals surface area (Å²) in [4.78, 5) is 36.4. The minimum absolute atomic E-state index is 0.221. The van der Waals surface area contributed by atoms with E-state index >= 15 is 0 Å². The van der Waals surface area contributed by atoms with Gasteiger partial charge in [-0.05, 0) is 58.2 Å². The molecule has 0 aliphatic carbocycles. The van der Waals surface area contributed by atoms with E-state index in [-0.39, 0.29) is 11.7 Å². The number of nitrogens with one attached hydrogen (secondary N) is 1. The lowest BCUT2D eigenvalue weighted by molar-refractivity contribution is -0.138. The summed E-state index contributed by atoms with van der Waals surface area (Å²) >= 11 is 0. The molecule has 28 heavy (non-hydrogen) atoms. The third-order valence-electron chi connectivity index (χ3n) is 4.12. The Kier molecular flexibility index (Phi) is 6.17. The SMILES string of the molecule is Cc1cc(=O)oc2c(C)c(OC(=O)[C@H](NC(=O)OC(C)(C)C)C(C)C)ccc12. The van der Waals surface area contributed by atoms with Crippen molar-refractivity contribution in [1.29, 1.82) is 0 Å². The highest BCUT2D eigenvalue weighted by molar-refractivity contribution is 5.87. The molecule has 0 aliphatic rings. The van der Waals surface area contributed by atoms with E-state index in [1.54, 1.807) is 53.7 Å². The molecule has 2 aromatic rings. The Balaban J connectivity index is 2.27. The summed E-state index contributed by atoms with van der Waals surface area (Å²) in [5.41, 5.74) is 0.532. The van der Waals surface area contributed by atoms with Gasteiger partial charge in [-0.25, -0.2) is 14.4 Å². The van der Waals surface area contributed by atoms with Gasteiger partial charge in [0, 0.05) is 17.0 Å². The first-order valence-corrected chi connectivity index (χ1v) is 9.14. The zero-order valence-electron chi connectivity index (χ0n) is 17.3. The minimum Gasteiger partial charge on any atom is -0.444 e. The first kappa shape index (κ1) is 21.5. The van der Waals surface area contributed by atoms with Crippen LogP contribution >= 0.6 is 0 Å². The normalized spacial score (nSPS) is 12.7. The number of hydrogen-bond donors (Lipinski definition) is 1. The summed E-state index contributed by atoms with van der Waals surface area (Å²) in [6, 6.07) is 3.89. The monoisotopic (exact) mass is 389 g/mol. The molecule has 0 fully saturated rings. The summed E-state index contributed by atoms with van der Waals surface area (Å²) < 4.78 is 16.0. The van der Waals surface area contributed by atoms with Crippen molar-refractivity contribution < 1.29 is 23.5 Å². The molecule has 0 bridgehead atoms. The number of rotatable bonds is 4. The van der Waals surface area contributed by atoms with Gasteiger partial charge < -0.3 is 19.2 Å². The summed E-state index contributed by atoms with van der Waals surface area (Å²) in [5.74, 6) is -0.581. The minimum atomic E-state index is -0.894. The highest BCUT2D eigenvalue weighted by Gasteiger charge is 2.29. The zero-order chi connectivity index (χ0) is 21.2. The van der Waals surface area contributed by atoms with Crippen molar-refractivity contribution >= 4 is 23.0 Å². The molecule has 0 radical (unpaired) electrons. The van der Waals surface area contributed by atoms with Crippen LogP contribution in [0.2, 0.25) is 0 Å². The molecule has 1 heterocycles. The maximum Gasteiger partial charge on any atom is 0.408 e. The Bertz CT molecular complexity index is 952. The number of esters is 1. The Morgan fingerprint density at radius 1 is 1.14 bits per heavy atom. The van der Waals surface area contributed by atoms with Gasteiger partial charge in [0.1, 0.15) is 23.0 Å². The summed E-state index contributed by atoms with van der Waals surface area (Å²) in [5, 5.41) is 3.33. The van der Waals surface area contributed by atoms with Gasteiger partial charge in [0.2, 0.25) is 0 Å². The summed E-state index contributed by atoms with van der Waals surface area (Å²) in [7, 11) is 0. The van der Waals surface area contributed by atoms with Crippen LogP contribution in [0.25, 0.3) is 11.0 Å². The molecule has 1 aromatic carbocycles. The van der Waals surface area contributed by atoms with Crippen molar-refractivity contribution in [1.82, 2.24) is 5.32 Å². The number of hydrogen-bond acceptors (Lipinski definition) is 6. The molecule has 1 aromatic heterocycles. The van der Waals surface area contributed by atoms with Crippen LogP contribution < -0.4 is 15.7 Å². The average Bonchev–Trinajstić information content (AvgIpc) is 2.53. The number of fused-ring (bicyclic) bond motifs is 1. The van der Waals surface area contributed by atoms with Crippen molar-refractivity contribution in [3.05, 3.63) is 39.7 Å². The van der Waals surface area contributed by atoms with Crippen LogP contribution in [0.4, 0.5) is 4.79 Å². The zero-order valence-corrected chi connectivity index (χ0v) is 17.3. The predicted octanol–water partition coefficient (Wildman–Crippen LogP) is 3.86. The number of carbonyl (C=O) groups excluding carboxylic acids is 2. The molecule has 0 aliphatic heterocycles. The van der Waals surface area contributed by atoms with Crippen LogP contribution in [0.3, 0.4) is 0 Å². The second-order valence-corrected chi connectivity index (χ2v) is 8.10. The van der Waals surface area contributed by atoms with Gasteiger partial charge in [0.15, 0.2) is 0 Å². The second-order valence-electron chi connectivity index (χ2n) is 8.10. The van der Waals surface area contributed by atoms with E-state index in [1.165, 1.54) is 6.07 Å². The van der Waals surface area contributed by atoms with E-state index in [4.69, 9.17) is 13.9 Å². The molecule has 1 atom stereocenters. The van der Waals surface area contributed by atoms with E-state index in [0.717, 1.165) is 10.9 Å². The number of benzene rings is 1. The Labute approximate surface area is 164 Å². The van der Waals surface area contributed by atoms with Crippen molar-refractivity contribution in [2.75, 3.05) is 0 Å². The summed E-state index contributed by atoms with van der Waals surface area (Å²) in [6.45, 7) is 12.3. The van der Waals surface area contributed by atoms with E-state index in [0.29, 0.717) is 11.1 Å². The van der Waals surface area contributed by atoms with Gasteiger partial charge >= 0.3 is 17.7 Å². The third kappa shape index (κ3) is 5.12. The molecule has 1 amide bonds. The fourth-order valence-electron chi connectivity index (χ4n) is 2.71. The topological polar surface area (TPSA) is 94.8 Å². The molecule has 7 nitrogen and oxygen atoms in total. The van der Waals surface area contributed by atoms with Gasteiger partial charge in [0.25, 0.3) is 0 Å². The van der Waals surface area contributed by atoms with Gasteiger partial charge in [-0.3, -0.25) is 0 Å². The Morgan fingerprint density at radius 3 is 2.36 bits per heavy atom. The quantitative estimate of drug-likeness (QED) is 0.485. The standard InChI is InChI=1S/C21H27NO6/c1-11(2)17(22-20(25)28-21(5,6)7)19(24)26-15-9-8-14-12(3)10-16(23)27-18(14)13(15)4/h8-11,17H,1-7H3,(H,22,25)/t17-/m1/s1. The lowest BCUT2D eigenvalue weighted by atomic mass is 10.0. The van der Waals surface area contributed by atoms with Crippen LogP contribution in [-0.2, 0) is 9.53 Å². The van der Waals surface area contributed by atoms with Crippen LogP contribution in [0.15, 0.2) is 27.4 Å². The maximum absolute atomic E-state index is 12.7. The molecule has 0 saturated carbocycles. The van der Waals surface area contributed by atoms with E-state index < -0.39 is 29.3 Å². The molecule has 2 rings (SSSR count). The first-order valence-electron chi connectivity index (χ1n) is 9.14. The Morgan fingerprint density at radius 2 is 1.79 bits per heavy atom. The van der Waals surface area contributed by atoms with Crippen LogP contribution in [0.1, 0.15) is 45.7 Å². The largest absolute Gasteiger partial charge is 0.444 e. The number of aryl methyl sites for hydroxylation is 2. The molecule has 1 N–H and O–H groups in total. The highest BCUT2D eigenvalue weighted by atomic mass is 16.6. The lowest BCUT2D eigenvalue weighted by Crippen LogP contribution is -2.48. The van der Waals surface area contributed by atoms with Gasteiger partial charge in [-0.1, -0.05) is 13.8 Å². The fourth-order valence-corrected chi connectivity index (χ4v) is 2.71. The molecular weight excluding hydrogens is 362 g/mol. The fraction of sp³-hybridized carbons (Fsp3) is 0.476. The number of alkyl carbamates (subject to hydrolysis) is 1. The van der Waals surface area contributed by atoms with Crippen LogP contribution in [0.5, 0.6) is 5.75 Å². The second kappa shape index (κ2) is 8.04. The lowest BCUT2D eigenvalue weighted by Gasteiger charge is -2.24. The van der Waals surface area contributed by atoms with Crippen LogP contribution in [0, 0.1) is 19.8 Å². The molecule has 0 unspecified atom stereocenters. The third-order valence-corrected chi connectivity index (χ3v) is 4.12. The van der Waals surface area contributed by atoms with Crippen LogP contribution in [-0.4, -0.2) is 23.7 Å². The number of ether oxygens (including phenoxy) is 2. The van der Waals surface area contributed by atoms with Gasteiger partial charge in [-0.2, -0.15) is 0 Å². The molecular formula is C21H27NO6. The van der Waals surface area contributed by atoms with Crippen molar-refractivity contribution in [2.45, 2.75) is 60.1 Å². The first-order chi connectivity index (χ1) is 12.9. The van der Waals surface area contributed by atoms with E-state index in [9.17, 15) is 14.4 Å². The van der Waals surface area contributed by atoms with Crippen molar-refractivity contribution in [3.8, 4) is 5.75 Å². The maximum atomic E-state index is 12.7. The molecule has 0 saturated heterocycles. The number of carbonyl (C=O) groups is 2. The molecule has 0 spiro atoms. The van der Waals surface area contributed by atoms with E-state index in [1.807, 2.05) is 6.92 Å². The predicted molar refractivity (Wildman–Crippen MR) is 106 cm³/mol. The van der Waals surface area contributed by atoms with Gasteiger partial charge in [-0.15, -0.1) is 0 Å². The van der Waals surface area contributed by atoms with Gasteiger partial charge in [0.05, 0.1) is 0 Å². The van der Waals surface area contributed by atoms with E-state index in [2.05, 4.69) is 5.32 Å². The van der Waals surface area contributed by atoms with Crippen molar-refractivity contribution in [3.63, 3.8) is 0 Å².